The Balaban J connectivity index is 1.62. The average molecular weight is 468 g/mol. The molecule has 2 aromatic rings. The molecule has 1 aliphatic heterocycles. The predicted molar refractivity (Wildman–Crippen MR) is 131 cm³/mol. The SMILES string of the molecule is COc1ccc(C2CN(C(=O)CO)CC2(C)[C@H](C)O)cc1OCC1(c2ccccc2)CCCC1. The molecular formula is C28H37NO5. The molecule has 1 heterocycles. The van der Waals surface area contributed by atoms with E-state index in [1.165, 1.54) is 18.4 Å². The number of amides is 1. The van der Waals surface area contributed by atoms with E-state index in [1.54, 1.807) is 18.9 Å². The van der Waals surface area contributed by atoms with Gasteiger partial charge in [-0.3, -0.25) is 4.79 Å². The molecule has 6 heteroatoms. The zero-order valence-corrected chi connectivity index (χ0v) is 20.5. The van der Waals surface area contributed by atoms with Crippen molar-refractivity contribution in [3.8, 4) is 11.5 Å². The van der Waals surface area contributed by atoms with Gasteiger partial charge >= 0.3 is 0 Å². The van der Waals surface area contributed by atoms with Gasteiger partial charge in [0.25, 0.3) is 0 Å². The number of methoxy groups -OCH3 is 1. The molecule has 1 saturated carbocycles. The first-order chi connectivity index (χ1) is 16.3. The highest BCUT2D eigenvalue weighted by Gasteiger charge is 2.48. The minimum absolute atomic E-state index is 0.00585. The van der Waals surface area contributed by atoms with Gasteiger partial charge in [-0.1, -0.05) is 56.2 Å². The first-order valence-electron chi connectivity index (χ1n) is 12.3. The second-order valence-corrected chi connectivity index (χ2v) is 10.2. The van der Waals surface area contributed by atoms with Gasteiger partial charge in [-0.2, -0.15) is 0 Å². The van der Waals surface area contributed by atoms with Crippen LogP contribution in [0.4, 0.5) is 0 Å². The van der Waals surface area contributed by atoms with Crippen LogP contribution in [-0.4, -0.2) is 60.5 Å². The van der Waals surface area contributed by atoms with Gasteiger partial charge in [-0.05, 0) is 43.0 Å². The van der Waals surface area contributed by atoms with E-state index in [2.05, 4.69) is 24.3 Å². The van der Waals surface area contributed by atoms with Crippen LogP contribution in [0.15, 0.2) is 48.5 Å². The molecule has 0 radical (unpaired) electrons. The van der Waals surface area contributed by atoms with Crippen LogP contribution in [0, 0.1) is 5.41 Å². The lowest BCUT2D eigenvalue weighted by molar-refractivity contribution is -0.133. The molecule has 34 heavy (non-hydrogen) atoms. The van der Waals surface area contributed by atoms with Crippen LogP contribution in [0.5, 0.6) is 11.5 Å². The Morgan fingerprint density at radius 2 is 1.85 bits per heavy atom. The molecule has 1 aliphatic carbocycles. The van der Waals surface area contributed by atoms with Crippen molar-refractivity contribution in [1.29, 1.82) is 0 Å². The first-order valence-corrected chi connectivity index (χ1v) is 12.3. The summed E-state index contributed by atoms with van der Waals surface area (Å²) >= 11 is 0. The third-order valence-electron chi connectivity index (χ3n) is 8.21. The van der Waals surface area contributed by atoms with E-state index in [1.807, 2.05) is 31.2 Å². The van der Waals surface area contributed by atoms with Gasteiger partial charge in [0, 0.05) is 29.8 Å². The first kappa shape index (κ1) is 24.6. The lowest BCUT2D eigenvalue weighted by Crippen LogP contribution is -2.38. The fourth-order valence-electron chi connectivity index (χ4n) is 5.81. The van der Waals surface area contributed by atoms with E-state index in [0.29, 0.717) is 31.2 Å². The highest BCUT2D eigenvalue weighted by Crippen LogP contribution is 2.47. The zero-order chi connectivity index (χ0) is 24.3. The number of ether oxygens (including phenoxy) is 2. The number of rotatable bonds is 8. The molecule has 2 unspecified atom stereocenters. The Morgan fingerprint density at radius 3 is 2.47 bits per heavy atom. The zero-order valence-electron chi connectivity index (χ0n) is 20.5. The largest absolute Gasteiger partial charge is 0.493 e. The predicted octanol–water partition coefficient (Wildman–Crippen LogP) is 3.89. The van der Waals surface area contributed by atoms with Crippen molar-refractivity contribution >= 4 is 5.91 Å². The number of benzene rings is 2. The van der Waals surface area contributed by atoms with Crippen molar-refractivity contribution in [2.45, 2.75) is 57.0 Å². The van der Waals surface area contributed by atoms with Gasteiger partial charge in [0.05, 0.1) is 19.8 Å². The molecule has 6 nitrogen and oxygen atoms in total. The molecule has 2 N–H and O–H groups in total. The molecule has 2 aromatic carbocycles. The summed E-state index contributed by atoms with van der Waals surface area (Å²) in [5.41, 5.74) is 1.77. The number of nitrogens with zero attached hydrogens (tertiary/aromatic N) is 1. The number of aliphatic hydroxyl groups is 2. The maximum atomic E-state index is 12.2. The number of aliphatic hydroxyl groups excluding tert-OH is 2. The Hall–Kier alpha value is -2.57. The van der Waals surface area contributed by atoms with Gasteiger partial charge in [-0.15, -0.1) is 0 Å². The summed E-state index contributed by atoms with van der Waals surface area (Å²) in [7, 11) is 1.64. The van der Waals surface area contributed by atoms with Gasteiger partial charge in [0.1, 0.15) is 6.61 Å². The highest BCUT2D eigenvalue weighted by molar-refractivity contribution is 5.77. The lowest BCUT2D eigenvalue weighted by Gasteiger charge is -2.34. The number of carbonyl (C=O) groups is 1. The summed E-state index contributed by atoms with van der Waals surface area (Å²) in [4.78, 5) is 13.9. The van der Waals surface area contributed by atoms with E-state index < -0.39 is 18.1 Å². The van der Waals surface area contributed by atoms with E-state index >= 15 is 0 Å². The average Bonchev–Trinajstić information content (AvgIpc) is 3.49. The Morgan fingerprint density at radius 1 is 1.15 bits per heavy atom. The summed E-state index contributed by atoms with van der Waals surface area (Å²) in [6.45, 7) is 4.66. The molecule has 0 aromatic heterocycles. The van der Waals surface area contributed by atoms with Crippen LogP contribution in [0.3, 0.4) is 0 Å². The van der Waals surface area contributed by atoms with E-state index in [-0.39, 0.29) is 17.2 Å². The molecular weight excluding hydrogens is 430 g/mol. The monoisotopic (exact) mass is 467 g/mol. The Bertz CT molecular complexity index is 986. The summed E-state index contributed by atoms with van der Waals surface area (Å²) in [6, 6.07) is 16.5. The fourth-order valence-corrected chi connectivity index (χ4v) is 5.81. The summed E-state index contributed by atoms with van der Waals surface area (Å²) < 4.78 is 12.1. The molecule has 1 amide bonds. The molecule has 4 rings (SSSR count). The van der Waals surface area contributed by atoms with Crippen LogP contribution < -0.4 is 9.47 Å². The van der Waals surface area contributed by atoms with Crippen molar-refractivity contribution < 1.29 is 24.5 Å². The normalized spacial score (nSPS) is 24.7. The van der Waals surface area contributed by atoms with Crippen LogP contribution >= 0.6 is 0 Å². The second-order valence-electron chi connectivity index (χ2n) is 10.2. The topological polar surface area (TPSA) is 79.2 Å². The van der Waals surface area contributed by atoms with Crippen LogP contribution in [-0.2, 0) is 10.2 Å². The molecule has 0 spiro atoms. The molecule has 1 saturated heterocycles. The number of hydrogen-bond acceptors (Lipinski definition) is 5. The number of hydrogen-bond donors (Lipinski definition) is 2. The third-order valence-corrected chi connectivity index (χ3v) is 8.21. The van der Waals surface area contributed by atoms with Gasteiger partial charge in [0.15, 0.2) is 11.5 Å². The summed E-state index contributed by atoms with van der Waals surface area (Å²) in [5.74, 6) is 0.947. The van der Waals surface area contributed by atoms with E-state index in [0.717, 1.165) is 18.4 Å². The lowest BCUT2D eigenvalue weighted by atomic mass is 9.72. The molecule has 184 valence electrons. The van der Waals surface area contributed by atoms with Crippen LogP contribution in [0.1, 0.15) is 56.6 Å². The van der Waals surface area contributed by atoms with Gasteiger partial charge in [0.2, 0.25) is 5.91 Å². The maximum absolute atomic E-state index is 12.2. The maximum Gasteiger partial charge on any atom is 0.248 e. The summed E-state index contributed by atoms with van der Waals surface area (Å²) in [5, 5.41) is 20.0. The number of likely N-dealkylation sites (tertiary alicyclic amines) is 1. The van der Waals surface area contributed by atoms with Crippen molar-refractivity contribution in [3.05, 3.63) is 59.7 Å². The van der Waals surface area contributed by atoms with Gasteiger partial charge < -0.3 is 24.6 Å². The van der Waals surface area contributed by atoms with E-state index in [4.69, 9.17) is 9.47 Å². The minimum Gasteiger partial charge on any atom is -0.493 e. The van der Waals surface area contributed by atoms with Crippen LogP contribution in [0.2, 0.25) is 0 Å². The van der Waals surface area contributed by atoms with Gasteiger partial charge in [-0.25, -0.2) is 0 Å². The van der Waals surface area contributed by atoms with E-state index in [9.17, 15) is 15.0 Å². The minimum atomic E-state index is -0.625. The summed E-state index contributed by atoms with van der Waals surface area (Å²) in [6.07, 6.45) is 3.96. The third kappa shape index (κ3) is 4.53. The second kappa shape index (κ2) is 9.96. The quantitative estimate of drug-likeness (QED) is 0.616. The molecule has 2 aliphatic rings. The van der Waals surface area contributed by atoms with Crippen LogP contribution in [0.25, 0.3) is 0 Å². The van der Waals surface area contributed by atoms with Crippen molar-refractivity contribution in [1.82, 2.24) is 4.90 Å². The standard InChI is InChI=1S/C28H37NO5/c1-20(31)27(2)18-29(26(32)17-30)16-23(27)21-11-12-24(33-3)25(15-21)34-19-28(13-7-8-14-28)22-9-5-4-6-10-22/h4-6,9-12,15,20,23,30-31H,7-8,13-14,16-19H2,1-3H3/t20-,23?,27?/m0/s1. The molecule has 3 atom stereocenters. The number of carbonyl (C=O) groups excluding carboxylic acids is 1. The Kier molecular flexibility index (Phi) is 7.20. The van der Waals surface area contributed by atoms with Crippen molar-refractivity contribution in [2.75, 3.05) is 33.4 Å². The fraction of sp³-hybridized carbons (Fsp3) is 0.536. The van der Waals surface area contributed by atoms with Crippen molar-refractivity contribution in [2.24, 2.45) is 5.41 Å². The Labute approximate surface area is 202 Å². The highest BCUT2D eigenvalue weighted by atomic mass is 16.5. The molecule has 0 bridgehead atoms. The van der Waals surface area contributed by atoms with Crippen molar-refractivity contribution in [3.63, 3.8) is 0 Å². The molecule has 2 fully saturated rings. The smallest absolute Gasteiger partial charge is 0.248 e.